The van der Waals surface area contributed by atoms with Crippen molar-refractivity contribution in [1.82, 2.24) is 5.48 Å². The van der Waals surface area contributed by atoms with E-state index in [9.17, 15) is 4.79 Å². The Bertz CT molecular complexity index is 103. The van der Waals surface area contributed by atoms with Crippen LogP contribution < -0.4 is 5.48 Å². The quantitative estimate of drug-likeness (QED) is 0.598. The van der Waals surface area contributed by atoms with Crippen LogP contribution in [0.2, 0.25) is 0 Å². The third-order valence-electron chi connectivity index (χ3n) is 0.954. The maximum absolute atomic E-state index is 10.3. The van der Waals surface area contributed by atoms with Crippen molar-refractivity contribution in [1.29, 1.82) is 0 Å². The number of hydroxylamine groups is 1. The fourth-order valence-electron chi connectivity index (χ4n) is 0.414. The standard InChI is InChI=1S/C4H7NO2.2F2.FH/c1-3-2-7-5-4(3)6;2*1-2;/h3H,2H2,1H3,(H,5,6);;;1H. The van der Waals surface area contributed by atoms with Crippen molar-refractivity contribution in [2.75, 3.05) is 6.61 Å². The highest BCUT2D eigenvalue weighted by Gasteiger charge is 2.19. The molecule has 1 aliphatic heterocycles. The molecule has 3 nitrogen and oxygen atoms in total. The summed E-state index contributed by atoms with van der Waals surface area (Å²) < 4.78 is 32.0. The molecule has 1 atom stereocenters. The lowest BCUT2D eigenvalue weighted by molar-refractivity contribution is -0.125. The van der Waals surface area contributed by atoms with E-state index < -0.39 is 0 Å². The van der Waals surface area contributed by atoms with Crippen molar-refractivity contribution in [3.8, 4) is 0 Å². The lowest BCUT2D eigenvalue weighted by Crippen LogP contribution is -2.15. The number of nitrogens with one attached hydrogen (secondary N) is 1. The van der Waals surface area contributed by atoms with E-state index in [0.717, 1.165) is 0 Å². The molecular weight excluding hydrogens is 189 g/mol. The maximum Gasteiger partial charge on any atom is 0.248 e. The van der Waals surface area contributed by atoms with Gasteiger partial charge in [0.15, 0.2) is 0 Å². The van der Waals surface area contributed by atoms with Crippen LogP contribution in [-0.2, 0) is 9.63 Å². The van der Waals surface area contributed by atoms with Gasteiger partial charge in [-0.1, -0.05) is 6.92 Å². The van der Waals surface area contributed by atoms with Gasteiger partial charge in [0.2, 0.25) is 5.91 Å². The fourth-order valence-corrected chi connectivity index (χ4v) is 0.414. The van der Waals surface area contributed by atoms with Gasteiger partial charge in [-0.3, -0.25) is 14.3 Å². The Hall–Kier alpha value is -0.920. The van der Waals surface area contributed by atoms with Gasteiger partial charge in [-0.15, -0.1) is 0 Å². The highest BCUT2D eigenvalue weighted by Crippen LogP contribution is 2.00. The van der Waals surface area contributed by atoms with Gasteiger partial charge in [-0.25, -0.2) is 5.48 Å². The smallest absolute Gasteiger partial charge is 0.248 e. The van der Waals surface area contributed by atoms with E-state index in [-0.39, 0.29) is 16.5 Å². The van der Waals surface area contributed by atoms with Crippen LogP contribution in [0.5, 0.6) is 0 Å². The molecule has 1 rings (SSSR count). The fraction of sp³-hybridized carbons (Fsp3) is 0.750. The largest absolute Gasteiger partial charge is 0.273 e. The lowest BCUT2D eigenvalue weighted by Gasteiger charge is -1.86. The van der Waals surface area contributed by atoms with E-state index in [2.05, 4.69) is 10.3 Å². The summed E-state index contributed by atoms with van der Waals surface area (Å²) in [5.74, 6) is 0.0278. The summed E-state index contributed by atoms with van der Waals surface area (Å²) in [4.78, 5) is 14.9. The molecule has 0 aromatic rings. The maximum atomic E-state index is 10.3. The zero-order valence-corrected chi connectivity index (χ0v) is 6.02. The van der Waals surface area contributed by atoms with Crippen molar-refractivity contribution in [2.24, 2.45) is 5.92 Å². The molecule has 76 valence electrons. The Kier molecular flexibility index (Phi) is 18.3. The molecule has 0 aromatic heterocycles. The number of hydrogen-bond acceptors (Lipinski definition) is 2. The second-order valence-electron chi connectivity index (χ2n) is 1.68. The van der Waals surface area contributed by atoms with Gasteiger partial charge in [0.05, 0.1) is 12.5 Å². The third-order valence-corrected chi connectivity index (χ3v) is 0.954. The average molecular weight is 197 g/mol. The minimum absolute atomic E-state index is 0. The highest BCUT2D eigenvalue weighted by molar-refractivity contribution is 5.78. The number of halogens is 5. The number of amides is 1. The Labute approximate surface area is 64.7 Å². The van der Waals surface area contributed by atoms with E-state index in [1.54, 1.807) is 0 Å². The average Bonchev–Trinajstić information content (AvgIpc) is 2.44. The molecule has 1 heterocycles. The summed E-state index contributed by atoms with van der Waals surface area (Å²) in [6, 6.07) is 0. The Morgan fingerprint density at radius 3 is 1.92 bits per heavy atom. The number of hydrogen-bond donors (Lipinski definition) is 1. The first-order valence-electron chi connectivity index (χ1n) is 2.51. The van der Waals surface area contributed by atoms with Crippen molar-refractivity contribution in [3.63, 3.8) is 0 Å². The second kappa shape index (κ2) is 12.7. The molecule has 8 heteroatoms. The van der Waals surface area contributed by atoms with Crippen molar-refractivity contribution < 1.29 is 32.6 Å². The molecule has 0 aliphatic carbocycles. The lowest BCUT2D eigenvalue weighted by atomic mass is 10.2. The predicted molar refractivity (Wildman–Crippen MR) is 30.2 cm³/mol. The van der Waals surface area contributed by atoms with Gasteiger partial charge in [0.1, 0.15) is 0 Å². The molecule has 1 amide bonds. The third kappa shape index (κ3) is 7.19. The van der Waals surface area contributed by atoms with E-state index in [1.807, 2.05) is 6.92 Å². The first-order chi connectivity index (χ1) is 5.30. The van der Waals surface area contributed by atoms with Gasteiger partial charge in [0, 0.05) is 18.3 Å². The van der Waals surface area contributed by atoms with Crippen molar-refractivity contribution in [2.45, 2.75) is 6.92 Å². The second-order valence-corrected chi connectivity index (χ2v) is 1.68. The van der Waals surface area contributed by atoms with Gasteiger partial charge >= 0.3 is 0 Å². The van der Waals surface area contributed by atoms with Crippen LogP contribution in [0.4, 0.5) is 23.0 Å². The summed E-state index contributed by atoms with van der Waals surface area (Å²) in [6.45, 7) is 2.33. The normalized spacial score (nSPS) is 18.8. The Balaban J connectivity index is -0.000000144. The summed E-state index contributed by atoms with van der Waals surface area (Å²) in [7, 11) is 0. The molecule has 0 bridgehead atoms. The highest BCUT2D eigenvalue weighted by atomic mass is 20.0. The monoisotopic (exact) mass is 197 g/mol. The van der Waals surface area contributed by atoms with Crippen LogP contribution in [0, 0.1) is 5.92 Å². The molecule has 0 aromatic carbocycles. The molecule has 1 saturated heterocycles. The van der Waals surface area contributed by atoms with Crippen LogP contribution in [0.1, 0.15) is 6.92 Å². The molecule has 0 spiro atoms. The van der Waals surface area contributed by atoms with Crippen LogP contribution >= 0.6 is 0 Å². The van der Waals surface area contributed by atoms with Crippen LogP contribution in [0.15, 0.2) is 0 Å². The molecule has 0 saturated carbocycles. The van der Waals surface area contributed by atoms with Crippen molar-refractivity contribution >= 4 is 5.91 Å². The first kappa shape index (κ1) is 17.2. The van der Waals surface area contributed by atoms with Gasteiger partial charge in [0.25, 0.3) is 0 Å². The molecule has 1 N–H and O–H groups in total. The summed E-state index contributed by atoms with van der Waals surface area (Å²) in [5, 5.41) is 0. The number of carbonyl (C=O) groups is 1. The predicted octanol–water partition coefficient (Wildman–Crippen LogP) is 1.52. The van der Waals surface area contributed by atoms with E-state index in [0.29, 0.717) is 6.61 Å². The molecule has 0 radical (unpaired) electrons. The molecule has 1 unspecified atom stereocenters. The molecule has 12 heavy (non-hydrogen) atoms. The SMILES string of the molecule is CC1CONC1=O.F.FF.FF. The van der Waals surface area contributed by atoms with Gasteiger partial charge in [-0.05, 0) is 0 Å². The minimum Gasteiger partial charge on any atom is -0.273 e. The molecule has 1 aliphatic rings. The van der Waals surface area contributed by atoms with E-state index in [1.165, 1.54) is 0 Å². The summed E-state index contributed by atoms with van der Waals surface area (Å²) in [5.41, 5.74) is 2.23. The van der Waals surface area contributed by atoms with Gasteiger partial charge in [-0.2, -0.15) is 0 Å². The van der Waals surface area contributed by atoms with Gasteiger partial charge < -0.3 is 0 Å². The van der Waals surface area contributed by atoms with Crippen LogP contribution in [-0.4, -0.2) is 12.5 Å². The Morgan fingerprint density at radius 1 is 1.42 bits per heavy atom. The first-order valence-corrected chi connectivity index (χ1v) is 2.51. The van der Waals surface area contributed by atoms with E-state index >= 15 is 0 Å². The molecule has 1 fully saturated rings. The summed E-state index contributed by atoms with van der Waals surface area (Å²) in [6.07, 6.45) is 0. The van der Waals surface area contributed by atoms with E-state index in [4.69, 9.17) is 18.3 Å². The minimum atomic E-state index is -0.0139. The number of rotatable bonds is 0. The molecular formula is C4H8F5NO2. The number of carbonyl (C=O) groups excluding carboxylic acids is 1. The van der Waals surface area contributed by atoms with Crippen LogP contribution in [0.3, 0.4) is 0 Å². The van der Waals surface area contributed by atoms with Crippen LogP contribution in [0.25, 0.3) is 0 Å². The summed E-state index contributed by atoms with van der Waals surface area (Å²) >= 11 is 0. The zero-order chi connectivity index (χ0) is 9.28. The zero-order valence-electron chi connectivity index (χ0n) is 6.02. The topological polar surface area (TPSA) is 38.3 Å². The Morgan fingerprint density at radius 2 is 1.83 bits per heavy atom. The van der Waals surface area contributed by atoms with Crippen molar-refractivity contribution in [3.05, 3.63) is 0 Å².